The number of anilines is 1. The quantitative estimate of drug-likeness (QED) is 0.819. The number of carbonyl (C=O) groups excluding carboxylic acids is 2. The number of rotatable bonds is 4. The molecule has 1 aliphatic rings. The topological polar surface area (TPSA) is 64.6 Å². The lowest BCUT2D eigenvalue weighted by Gasteiger charge is -2.14. The summed E-state index contributed by atoms with van der Waals surface area (Å²) < 4.78 is 10.0. The highest BCUT2D eigenvalue weighted by Gasteiger charge is 2.16. The Hall–Kier alpha value is -2.63. The summed E-state index contributed by atoms with van der Waals surface area (Å²) >= 11 is 5.93. The van der Waals surface area contributed by atoms with Gasteiger partial charge in [-0.25, -0.2) is 4.79 Å². The number of carbonyl (C=O) groups is 2. The Bertz CT molecular complexity index is 859. The van der Waals surface area contributed by atoms with Crippen LogP contribution < -0.4 is 5.32 Å². The summed E-state index contributed by atoms with van der Waals surface area (Å²) in [6, 6.07) is 12.0. The van der Waals surface area contributed by atoms with E-state index < -0.39 is 5.97 Å². The zero-order valence-corrected chi connectivity index (χ0v) is 15.0. The van der Waals surface area contributed by atoms with Crippen molar-refractivity contribution >= 4 is 34.7 Å². The Kier molecular flexibility index (Phi) is 5.71. The minimum atomic E-state index is -0.565. The second-order valence-corrected chi connectivity index (χ2v) is 6.20. The van der Waals surface area contributed by atoms with Crippen molar-refractivity contribution in [3.63, 3.8) is 0 Å². The second kappa shape index (κ2) is 8.17. The van der Waals surface area contributed by atoms with E-state index in [9.17, 15) is 9.59 Å². The molecule has 0 atom stereocenters. The Morgan fingerprint density at radius 1 is 1.15 bits per heavy atom. The average molecular weight is 372 g/mol. The van der Waals surface area contributed by atoms with Gasteiger partial charge in [0.25, 0.3) is 5.91 Å². The maximum Gasteiger partial charge on any atom is 0.340 e. The van der Waals surface area contributed by atoms with E-state index in [0.717, 1.165) is 12.0 Å². The van der Waals surface area contributed by atoms with Gasteiger partial charge in [-0.3, -0.25) is 4.79 Å². The summed E-state index contributed by atoms with van der Waals surface area (Å²) in [6.07, 6.45) is 2.91. The highest BCUT2D eigenvalue weighted by Crippen LogP contribution is 2.24. The molecule has 5 nitrogen and oxygen atoms in total. The van der Waals surface area contributed by atoms with Gasteiger partial charge in [-0.2, -0.15) is 0 Å². The molecular formula is C20H18ClNO4. The first-order valence-corrected chi connectivity index (χ1v) is 8.52. The number of amides is 1. The Morgan fingerprint density at radius 2 is 1.92 bits per heavy atom. The van der Waals surface area contributed by atoms with Crippen molar-refractivity contribution < 1.29 is 19.1 Å². The lowest BCUT2D eigenvalue weighted by Crippen LogP contribution is -2.15. The molecule has 0 radical (unpaired) electrons. The van der Waals surface area contributed by atoms with Gasteiger partial charge in [-0.15, -0.1) is 0 Å². The maximum absolute atomic E-state index is 12.5. The number of benzene rings is 2. The molecule has 1 amide bonds. The standard InChI is InChI=1S/C20H18ClNO4/c1-25-20(24)17-12-16(21)6-7-18(17)22-19(23)15-4-2-13(3-5-15)14-8-10-26-11-9-14/h2-8,12H,9-11H2,1H3,(H,22,23). The number of halogens is 1. The summed E-state index contributed by atoms with van der Waals surface area (Å²) in [7, 11) is 1.28. The molecule has 1 aliphatic heterocycles. The predicted octanol–water partition coefficient (Wildman–Crippen LogP) is 4.18. The molecule has 1 N–H and O–H groups in total. The Labute approximate surface area is 156 Å². The third-order valence-corrected chi connectivity index (χ3v) is 4.35. The Balaban J connectivity index is 1.78. The number of ether oxygens (including phenoxy) is 2. The van der Waals surface area contributed by atoms with Crippen LogP contribution in [0.2, 0.25) is 5.02 Å². The van der Waals surface area contributed by atoms with Crippen molar-refractivity contribution in [2.45, 2.75) is 6.42 Å². The van der Waals surface area contributed by atoms with E-state index in [1.165, 1.54) is 18.7 Å². The van der Waals surface area contributed by atoms with Crippen molar-refractivity contribution in [2.75, 3.05) is 25.6 Å². The van der Waals surface area contributed by atoms with Crippen LogP contribution in [0.1, 0.15) is 32.7 Å². The number of hydrogen-bond acceptors (Lipinski definition) is 4. The van der Waals surface area contributed by atoms with Crippen LogP contribution in [-0.2, 0) is 9.47 Å². The van der Waals surface area contributed by atoms with E-state index in [0.29, 0.717) is 29.5 Å². The van der Waals surface area contributed by atoms with E-state index >= 15 is 0 Å². The molecule has 6 heteroatoms. The van der Waals surface area contributed by atoms with Crippen molar-refractivity contribution in [3.05, 3.63) is 70.3 Å². The summed E-state index contributed by atoms with van der Waals surface area (Å²) in [5, 5.41) is 3.12. The predicted molar refractivity (Wildman–Crippen MR) is 101 cm³/mol. The zero-order chi connectivity index (χ0) is 18.5. The molecule has 0 saturated heterocycles. The van der Waals surface area contributed by atoms with E-state index in [4.69, 9.17) is 21.1 Å². The van der Waals surface area contributed by atoms with Gasteiger partial charge in [-0.1, -0.05) is 29.8 Å². The first kappa shape index (κ1) is 18.2. The van der Waals surface area contributed by atoms with Crippen molar-refractivity contribution in [1.29, 1.82) is 0 Å². The zero-order valence-electron chi connectivity index (χ0n) is 14.3. The summed E-state index contributed by atoms with van der Waals surface area (Å²) in [6.45, 7) is 1.32. The van der Waals surface area contributed by atoms with Gasteiger partial charge >= 0.3 is 5.97 Å². The minimum absolute atomic E-state index is 0.206. The summed E-state index contributed by atoms with van der Waals surface area (Å²) in [4.78, 5) is 24.4. The molecule has 1 heterocycles. The van der Waals surface area contributed by atoms with Crippen molar-refractivity contribution in [3.8, 4) is 0 Å². The van der Waals surface area contributed by atoms with E-state index in [-0.39, 0.29) is 11.5 Å². The first-order valence-electron chi connectivity index (χ1n) is 8.15. The third kappa shape index (κ3) is 4.12. The average Bonchev–Trinajstić information content (AvgIpc) is 2.69. The number of hydrogen-bond donors (Lipinski definition) is 1. The fourth-order valence-electron chi connectivity index (χ4n) is 2.72. The second-order valence-electron chi connectivity index (χ2n) is 5.77. The van der Waals surface area contributed by atoms with Crippen molar-refractivity contribution in [1.82, 2.24) is 0 Å². The van der Waals surface area contributed by atoms with Gasteiger partial charge in [0.1, 0.15) is 0 Å². The minimum Gasteiger partial charge on any atom is -0.465 e. The summed E-state index contributed by atoms with van der Waals surface area (Å²) in [5.74, 6) is -0.880. The molecule has 2 aromatic rings. The van der Waals surface area contributed by atoms with Crippen LogP contribution in [0.15, 0.2) is 48.5 Å². The normalized spacial score (nSPS) is 13.7. The van der Waals surface area contributed by atoms with Crippen LogP contribution in [0.25, 0.3) is 5.57 Å². The first-order chi connectivity index (χ1) is 12.6. The molecule has 134 valence electrons. The van der Waals surface area contributed by atoms with Gasteiger partial charge in [-0.05, 0) is 47.9 Å². The van der Waals surface area contributed by atoms with Crippen LogP contribution in [0.5, 0.6) is 0 Å². The molecule has 0 unspecified atom stereocenters. The third-order valence-electron chi connectivity index (χ3n) is 4.12. The molecule has 3 rings (SSSR count). The molecule has 0 aromatic heterocycles. The number of methoxy groups -OCH3 is 1. The molecular weight excluding hydrogens is 354 g/mol. The van der Waals surface area contributed by atoms with E-state index in [1.54, 1.807) is 24.3 Å². The lowest BCUT2D eigenvalue weighted by atomic mass is 10.00. The van der Waals surface area contributed by atoms with Crippen LogP contribution in [0.4, 0.5) is 5.69 Å². The molecule has 0 spiro atoms. The van der Waals surface area contributed by atoms with Gasteiger partial charge in [0.2, 0.25) is 0 Å². The molecule has 0 fully saturated rings. The molecule has 0 aliphatic carbocycles. The van der Waals surface area contributed by atoms with Gasteiger partial charge in [0.15, 0.2) is 0 Å². The van der Waals surface area contributed by atoms with E-state index in [1.807, 2.05) is 12.1 Å². The van der Waals surface area contributed by atoms with Crippen LogP contribution >= 0.6 is 11.6 Å². The highest BCUT2D eigenvalue weighted by molar-refractivity contribution is 6.31. The van der Waals surface area contributed by atoms with Crippen molar-refractivity contribution in [2.24, 2.45) is 0 Å². The van der Waals surface area contributed by atoms with Crippen LogP contribution in [0.3, 0.4) is 0 Å². The van der Waals surface area contributed by atoms with E-state index in [2.05, 4.69) is 11.4 Å². The fraction of sp³-hybridized carbons (Fsp3) is 0.200. The van der Waals surface area contributed by atoms with Crippen LogP contribution in [-0.4, -0.2) is 32.2 Å². The maximum atomic E-state index is 12.5. The number of nitrogens with one attached hydrogen (secondary N) is 1. The Morgan fingerprint density at radius 3 is 2.58 bits per heavy atom. The lowest BCUT2D eigenvalue weighted by molar-refractivity contribution is 0.0602. The largest absolute Gasteiger partial charge is 0.465 e. The van der Waals surface area contributed by atoms with Gasteiger partial charge < -0.3 is 14.8 Å². The summed E-state index contributed by atoms with van der Waals surface area (Å²) in [5.41, 5.74) is 3.34. The number of esters is 1. The monoisotopic (exact) mass is 371 g/mol. The SMILES string of the molecule is COC(=O)c1cc(Cl)ccc1NC(=O)c1ccc(C2=CCOCC2)cc1. The van der Waals surface area contributed by atoms with Gasteiger partial charge in [0, 0.05) is 10.6 Å². The molecule has 2 aromatic carbocycles. The fourth-order valence-corrected chi connectivity index (χ4v) is 2.90. The van der Waals surface area contributed by atoms with Gasteiger partial charge in [0.05, 0.1) is 31.6 Å². The molecule has 26 heavy (non-hydrogen) atoms. The molecule has 0 saturated carbocycles. The molecule has 0 bridgehead atoms. The highest BCUT2D eigenvalue weighted by atomic mass is 35.5. The van der Waals surface area contributed by atoms with Crippen LogP contribution in [0, 0.1) is 0 Å². The smallest absolute Gasteiger partial charge is 0.340 e.